The molecule has 24 heavy (non-hydrogen) atoms. The second kappa shape index (κ2) is 7.59. The van der Waals surface area contributed by atoms with Crippen molar-refractivity contribution in [3.8, 4) is 11.1 Å². The molecule has 3 rings (SSSR count). The fraction of sp³-hybridized carbons (Fsp3) is 0.444. The molecule has 0 atom stereocenters. The van der Waals surface area contributed by atoms with E-state index >= 15 is 0 Å². The standard InChI is InChI=1S/C18H24N4O2/c1-3-19-18(23)17-16(13-21(2)20-17)15-6-4-14(5-7-15)12-22-8-10-24-11-9-22/h4-7,13H,3,8-12H2,1-2H3,(H,19,23). The van der Waals surface area contributed by atoms with Crippen molar-refractivity contribution in [3.63, 3.8) is 0 Å². The molecule has 1 amide bonds. The lowest BCUT2D eigenvalue weighted by Gasteiger charge is -2.26. The molecule has 0 aliphatic carbocycles. The average Bonchev–Trinajstić information content (AvgIpc) is 2.99. The summed E-state index contributed by atoms with van der Waals surface area (Å²) in [7, 11) is 1.83. The quantitative estimate of drug-likeness (QED) is 0.907. The lowest BCUT2D eigenvalue weighted by Crippen LogP contribution is -2.35. The van der Waals surface area contributed by atoms with E-state index in [0.717, 1.165) is 44.0 Å². The smallest absolute Gasteiger partial charge is 0.272 e. The number of carbonyl (C=O) groups is 1. The Kier molecular flexibility index (Phi) is 5.27. The predicted octanol–water partition coefficient (Wildman–Crippen LogP) is 1.67. The Labute approximate surface area is 142 Å². The van der Waals surface area contributed by atoms with Gasteiger partial charge in [-0.05, 0) is 18.1 Å². The minimum atomic E-state index is -0.134. The maximum absolute atomic E-state index is 12.2. The first kappa shape index (κ1) is 16.7. The average molecular weight is 328 g/mol. The molecule has 128 valence electrons. The summed E-state index contributed by atoms with van der Waals surface area (Å²) in [5.74, 6) is -0.134. The summed E-state index contributed by atoms with van der Waals surface area (Å²) in [6.45, 7) is 7.00. The predicted molar refractivity (Wildman–Crippen MR) is 92.7 cm³/mol. The van der Waals surface area contributed by atoms with Gasteiger partial charge in [-0.2, -0.15) is 5.10 Å². The first-order valence-corrected chi connectivity index (χ1v) is 8.38. The molecule has 0 bridgehead atoms. The molecule has 2 aromatic rings. The summed E-state index contributed by atoms with van der Waals surface area (Å²) >= 11 is 0. The van der Waals surface area contributed by atoms with Crippen LogP contribution in [0.1, 0.15) is 23.0 Å². The summed E-state index contributed by atoms with van der Waals surface area (Å²) in [6.07, 6.45) is 1.89. The third-order valence-corrected chi connectivity index (χ3v) is 4.16. The van der Waals surface area contributed by atoms with Gasteiger partial charge in [-0.25, -0.2) is 0 Å². The minimum Gasteiger partial charge on any atom is -0.379 e. The zero-order chi connectivity index (χ0) is 16.9. The number of aromatic nitrogens is 2. The summed E-state index contributed by atoms with van der Waals surface area (Å²) in [4.78, 5) is 14.6. The van der Waals surface area contributed by atoms with Gasteiger partial charge < -0.3 is 10.1 Å². The number of ether oxygens (including phenoxy) is 1. The zero-order valence-corrected chi connectivity index (χ0v) is 14.3. The van der Waals surface area contributed by atoms with Crippen LogP contribution in [0.3, 0.4) is 0 Å². The Morgan fingerprint density at radius 1 is 1.25 bits per heavy atom. The second-order valence-electron chi connectivity index (χ2n) is 6.01. The molecule has 1 fully saturated rings. The fourth-order valence-corrected chi connectivity index (χ4v) is 2.92. The van der Waals surface area contributed by atoms with Crippen molar-refractivity contribution in [2.75, 3.05) is 32.8 Å². The molecular formula is C18H24N4O2. The molecule has 1 N–H and O–H groups in total. The number of nitrogens with zero attached hydrogens (tertiary/aromatic N) is 3. The van der Waals surface area contributed by atoms with Crippen LogP contribution in [-0.2, 0) is 18.3 Å². The number of nitrogens with one attached hydrogen (secondary N) is 1. The molecule has 6 heteroatoms. The summed E-state index contributed by atoms with van der Waals surface area (Å²) < 4.78 is 7.07. The first-order valence-electron chi connectivity index (χ1n) is 8.38. The number of hydrogen-bond acceptors (Lipinski definition) is 4. The molecule has 0 saturated carbocycles. The van der Waals surface area contributed by atoms with Crippen LogP contribution in [0.5, 0.6) is 0 Å². The van der Waals surface area contributed by atoms with E-state index in [1.165, 1.54) is 5.56 Å². The number of amides is 1. The van der Waals surface area contributed by atoms with Crippen LogP contribution >= 0.6 is 0 Å². The van der Waals surface area contributed by atoms with E-state index in [9.17, 15) is 4.79 Å². The van der Waals surface area contributed by atoms with Crippen molar-refractivity contribution >= 4 is 5.91 Å². The fourth-order valence-electron chi connectivity index (χ4n) is 2.92. The number of morpholine rings is 1. The Hall–Kier alpha value is -2.18. The topological polar surface area (TPSA) is 59.4 Å². The van der Waals surface area contributed by atoms with E-state index < -0.39 is 0 Å². The van der Waals surface area contributed by atoms with Gasteiger partial charge >= 0.3 is 0 Å². The van der Waals surface area contributed by atoms with Crippen LogP contribution in [0.15, 0.2) is 30.5 Å². The molecule has 6 nitrogen and oxygen atoms in total. The molecule has 0 unspecified atom stereocenters. The Bertz CT molecular complexity index is 688. The molecule has 0 radical (unpaired) electrons. The van der Waals surface area contributed by atoms with E-state index in [2.05, 4.69) is 39.6 Å². The Morgan fingerprint density at radius 2 is 1.96 bits per heavy atom. The monoisotopic (exact) mass is 328 g/mol. The van der Waals surface area contributed by atoms with Crippen molar-refractivity contribution in [1.82, 2.24) is 20.0 Å². The van der Waals surface area contributed by atoms with Crippen molar-refractivity contribution < 1.29 is 9.53 Å². The van der Waals surface area contributed by atoms with E-state index in [0.29, 0.717) is 12.2 Å². The second-order valence-corrected chi connectivity index (χ2v) is 6.01. The number of rotatable bonds is 5. The van der Waals surface area contributed by atoms with Gasteiger partial charge in [0, 0.05) is 45.0 Å². The van der Waals surface area contributed by atoms with Crippen molar-refractivity contribution in [2.45, 2.75) is 13.5 Å². The zero-order valence-electron chi connectivity index (χ0n) is 14.3. The molecule has 0 spiro atoms. The number of benzene rings is 1. The van der Waals surface area contributed by atoms with E-state index in [1.807, 2.05) is 20.2 Å². The SMILES string of the molecule is CCNC(=O)c1nn(C)cc1-c1ccc(CN2CCOCC2)cc1. The largest absolute Gasteiger partial charge is 0.379 e. The van der Waals surface area contributed by atoms with Gasteiger partial charge in [0.25, 0.3) is 5.91 Å². The van der Waals surface area contributed by atoms with E-state index in [4.69, 9.17) is 4.74 Å². The maximum atomic E-state index is 12.2. The van der Waals surface area contributed by atoms with Crippen LogP contribution in [0.4, 0.5) is 0 Å². The molecular weight excluding hydrogens is 304 g/mol. The van der Waals surface area contributed by atoms with Gasteiger partial charge in [-0.3, -0.25) is 14.4 Å². The van der Waals surface area contributed by atoms with Crippen LogP contribution < -0.4 is 5.32 Å². The van der Waals surface area contributed by atoms with Crippen LogP contribution in [0, 0.1) is 0 Å². The van der Waals surface area contributed by atoms with E-state index in [-0.39, 0.29) is 5.91 Å². The van der Waals surface area contributed by atoms with Crippen molar-refractivity contribution in [1.29, 1.82) is 0 Å². The highest BCUT2D eigenvalue weighted by Gasteiger charge is 2.17. The van der Waals surface area contributed by atoms with Gasteiger partial charge in [0.05, 0.1) is 13.2 Å². The summed E-state index contributed by atoms with van der Waals surface area (Å²) in [5, 5.41) is 7.12. The summed E-state index contributed by atoms with van der Waals surface area (Å²) in [5.41, 5.74) is 3.61. The lowest BCUT2D eigenvalue weighted by molar-refractivity contribution is 0.0342. The van der Waals surface area contributed by atoms with Gasteiger partial charge in [-0.15, -0.1) is 0 Å². The highest BCUT2D eigenvalue weighted by atomic mass is 16.5. The molecule has 1 aliphatic heterocycles. The molecule has 1 aliphatic rings. The Morgan fingerprint density at radius 3 is 2.62 bits per heavy atom. The molecule has 2 heterocycles. The minimum absolute atomic E-state index is 0.134. The molecule has 1 saturated heterocycles. The highest BCUT2D eigenvalue weighted by Crippen LogP contribution is 2.23. The maximum Gasteiger partial charge on any atom is 0.272 e. The normalized spacial score (nSPS) is 15.4. The highest BCUT2D eigenvalue weighted by molar-refractivity contribution is 5.98. The van der Waals surface area contributed by atoms with Gasteiger partial charge in [0.1, 0.15) is 0 Å². The van der Waals surface area contributed by atoms with Crippen LogP contribution in [-0.4, -0.2) is 53.4 Å². The molecule has 1 aromatic carbocycles. The molecule has 1 aromatic heterocycles. The summed E-state index contributed by atoms with van der Waals surface area (Å²) in [6, 6.07) is 8.38. The Balaban J connectivity index is 1.77. The first-order chi connectivity index (χ1) is 11.7. The van der Waals surface area contributed by atoms with Gasteiger partial charge in [-0.1, -0.05) is 24.3 Å². The van der Waals surface area contributed by atoms with Gasteiger partial charge in [0.15, 0.2) is 5.69 Å². The number of aryl methyl sites for hydroxylation is 1. The van der Waals surface area contributed by atoms with Crippen molar-refractivity contribution in [2.24, 2.45) is 7.05 Å². The third kappa shape index (κ3) is 3.83. The van der Waals surface area contributed by atoms with Gasteiger partial charge in [0.2, 0.25) is 0 Å². The van der Waals surface area contributed by atoms with Crippen LogP contribution in [0.25, 0.3) is 11.1 Å². The van der Waals surface area contributed by atoms with E-state index in [1.54, 1.807) is 4.68 Å². The number of hydrogen-bond donors (Lipinski definition) is 1. The third-order valence-electron chi connectivity index (χ3n) is 4.16. The van der Waals surface area contributed by atoms with Crippen LogP contribution in [0.2, 0.25) is 0 Å². The van der Waals surface area contributed by atoms with Crippen molar-refractivity contribution in [3.05, 3.63) is 41.7 Å². The lowest BCUT2D eigenvalue weighted by atomic mass is 10.0. The number of carbonyl (C=O) groups excluding carboxylic acids is 1.